The predicted octanol–water partition coefficient (Wildman–Crippen LogP) is 1.39. The molecule has 8 nitrogen and oxygen atoms in total. The molecule has 0 amide bonds. The number of hydrogen-bond acceptors (Lipinski definition) is 6. The molecule has 0 spiro atoms. The molecule has 1 aromatic carbocycles. The average Bonchev–Trinajstić information content (AvgIpc) is 3.21. The maximum atomic E-state index is 5.69. The van der Waals surface area contributed by atoms with Gasteiger partial charge in [-0.1, -0.05) is 12.1 Å². The molecule has 1 saturated heterocycles. The molecule has 146 valence electrons. The van der Waals surface area contributed by atoms with Crippen molar-refractivity contribution in [1.82, 2.24) is 19.4 Å². The Kier molecular flexibility index (Phi) is 6.10. The van der Waals surface area contributed by atoms with Crippen LogP contribution in [0.3, 0.4) is 0 Å². The van der Waals surface area contributed by atoms with E-state index >= 15 is 0 Å². The Balaban J connectivity index is 0.00000210. The summed E-state index contributed by atoms with van der Waals surface area (Å²) in [5.74, 6) is 2.43. The van der Waals surface area contributed by atoms with Crippen molar-refractivity contribution in [2.75, 3.05) is 31.5 Å². The van der Waals surface area contributed by atoms with Gasteiger partial charge in [-0.3, -0.25) is 0 Å². The molecule has 1 aliphatic rings. The fourth-order valence-corrected chi connectivity index (χ4v) is 3.65. The largest absolute Gasteiger partial charge is 0.444 e. The van der Waals surface area contributed by atoms with Crippen molar-refractivity contribution in [3.8, 4) is 0 Å². The number of benzene rings is 1. The zero-order chi connectivity index (χ0) is 17.9. The topological polar surface area (TPSA) is 117 Å². The van der Waals surface area contributed by atoms with E-state index in [4.69, 9.17) is 15.1 Å². The molecule has 4 rings (SSSR count). The van der Waals surface area contributed by atoms with Crippen molar-refractivity contribution in [2.24, 2.45) is 5.73 Å². The molecule has 0 radical (unpaired) electrons. The number of piperidine rings is 1. The summed E-state index contributed by atoms with van der Waals surface area (Å²) in [6.07, 6.45) is 3.99. The van der Waals surface area contributed by atoms with Crippen LogP contribution >= 0.6 is 0 Å². The number of nitrogens with zero attached hydrogens (tertiary/aromatic N) is 4. The SMILES string of the molecule is Cc1ncc(Cn2c(NC3CCN(CCN)CC3)nc3ccccc32)o1.O. The lowest BCUT2D eigenvalue weighted by Crippen LogP contribution is -2.41. The molecule has 2 aromatic heterocycles. The van der Waals surface area contributed by atoms with Gasteiger partial charge in [-0.05, 0) is 25.0 Å². The second kappa shape index (κ2) is 8.51. The molecule has 0 atom stereocenters. The van der Waals surface area contributed by atoms with Crippen LogP contribution in [0.1, 0.15) is 24.5 Å². The Hall–Kier alpha value is -2.42. The standard InChI is InChI=1S/C19H26N6O.H2O/c1-14-21-12-16(26-14)13-25-18-5-3-2-4-17(18)23-19(25)22-15-6-9-24(10-7-15)11-8-20;/h2-5,12,15H,6-11,13,20H2,1H3,(H,22,23);1H2. The van der Waals surface area contributed by atoms with Crippen LogP contribution in [0.25, 0.3) is 11.0 Å². The third kappa shape index (κ3) is 4.29. The minimum atomic E-state index is 0. The van der Waals surface area contributed by atoms with E-state index in [0.717, 1.165) is 61.8 Å². The van der Waals surface area contributed by atoms with E-state index in [1.807, 2.05) is 25.1 Å². The lowest BCUT2D eigenvalue weighted by molar-refractivity contribution is 0.224. The molecule has 3 aromatic rings. The van der Waals surface area contributed by atoms with Crippen LogP contribution < -0.4 is 11.1 Å². The number of aryl methyl sites for hydroxylation is 1. The molecule has 1 aliphatic heterocycles. The monoisotopic (exact) mass is 372 g/mol. The van der Waals surface area contributed by atoms with Gasteiger partial charge in [-0.25, -0.2) is 9.97 Å². The van der Waals surface area contributed by atoms with Gasteiger partial charge >= 0.3 is 0 Å². The Morgan fingerprint density at radius 1 is 1.26 bits per heavy atom. The van der Waals surface area contributed by atoms with Crippen molar-refractivity contribution in [2.45, 2.75) is 32.4 Å². The van der Waals surface area contributed by atoms with Crippen molar-refractivity contribution in [1.29, 1.82) is 0 Å². The van der Waals surface area contributed by atoms with Crippen LogP contribution in [0.4, 0.5) is 5.95 Å². The second-order valence-corrected chi connectivity index (χ2v) is 6.90. The molecule has 0 aliphatic carbocycles. The third-order valence-corrected chi connectivity index (χ3v) is 5.00. The maximum absolute atomic E-state index is 5.69. The third-order valence-electron chi connectivity index (χ3n) is 5.00. The van der Waals surface area contributed by atoms with Gasteiger partial charge in [0.1, 0.15) is 5.76 Å². The van der Waals surface area contributed by atoms with E-state index in [2.05, 4.69) is 25.8 Å². The number of aromatic nitrogens is 3. The molecular formula is C19H28N6O2. The summed E-state index contributed by atoms with van der Waals surface area (Å²) >= 11 is 0. The highest BCUT2D eigenvalue weighted by atomic mass is 16.4. The van der Waals surface area contributed by atoms with Crippen molar-refractivity contribution < 1.29 is 9.89 Å². The number of oxazole rings is 1. The van der Waals surface area contributed by atoms with Gasteiger partial charge in [0, 0.05) is 39.1 Å². The highest BCUT2D eigenvalue weighted by Gasteiger charge is 2.21. The van der Waals surface area contributed by atoms with Crippen molar-refractivity contribution in [3.05, 3.63) is 42.1 Å². The van der Waals surface area contributed by atoms with Crippen LogP contribution in [0, 0.1) is 6.92 Å². The highest BCUT2D eigenvalue weighted by molar-refractivity contribution is 5.78. The number of rotatable bonds is 6. The summed E-state index contributed by atoms with van der Waals surface area (Å²) in [4.78, 5) is 11.5. The Bertz CT molecular complexity index is 866. The Morgan fingerprint density at radius 3 is 2.74 bits per heavy atom. The number of para-hydroxylation sites is 2. The zero-order valence-electron chi connectivity index (χ0n) is 15.7. The molecule has 27 heavy (non-hydrogen) atoms. The molecule has 3 heterocycles. The molecular weight excluding hydrogens is 344 g/mol. The number of anilines is 1. The molecule has 8 heteroatoms. The lowest BCUT2D eigenvalue weighted by Gasteiger charge is -2.32. The van der Waals surface area contributed by atoms with E-state index in [1.54, 1.807) is 6.20 Å². The van der Waals surface area contributed by atoms with Gasteiger partial charge in [0.25, 0.3) is 0 Å². The number of likely N-dealkylation sites (tertiary alicyclic amines) is 1. The minimum Gasteiger partial charge on any atom is -0.444 e. The van der Waals surface area contributed by atoms with Gasteiger partial charge in [0.15, 0.2) is 5.89 Å². The summed E-state index contributed by atoms with van der Waals surface area (Å²) in [5.41, 5.74) is 7.76. The molecule has 0 unspecified atom stereocenters. The van der Waals surface area contributed by atoms with Crippen LogP contribution in [0.15, 0.2) is 34.9 Å². The first-order chi connectivity index (χ1) is 12.7. The first-order valence-corrected chi connectivity index (χ1v) is 9.28. The number of fused-ring (bicyclic) bond motifs is 1. The normalized spacial score (nSPS) is 15.8. The lowest BCUT2D eigenvalue weighted by atomic mass is 10.1. The quantitative estimate of drug-likeness (QED) is 0.675. The summed E-state index contributed by atoms with van der Waals surface area (Å²) in [6, 6.07) is 8.64. The van der Waals surface area contributed by atoms with Crippen LogP contribution in [0.5, 0.6) is 0 Å². The Morgan fingerprint density at radius 2 is 2.04 bits per heavy atom. The summed E-state index contributed by atoms with van der Waals surface area (Å²) in [6.45, 7) is 6.35. The number of nitrogens with two attached hydrogens (primary N) is 1. The van der Waals surface area contributed by atoms with E-state index < -0.39 is 0 Å². The fourth-order valence-electron chi connectivity index (χ4n) is 3.65. The molecule has 5 N–H and O–H groups in total. The van der Waals surface area contributed by atoms with E-state index in [-0.39, 0.29) is 5.48 Å². The summed E-state index contributed by atoms with van der Waals surface area (Å²) in [5, 5.41) is 3.66. The van der Waals surface area contributed by atoms with Gasteiger partial charge in [-0.15, -0.1) is 0 Å². The van der Waals surface area contributed by atoms with E-state index in [0.29, 0.717) is 18.5 Å². The number of nitrogens with one attached hydrogen (secondary N) is 1. The first kappa shape index (κ1) is 19.3. The van der Waals surface area contributed by atoms with Crippen LogP contribution in [0.2, 0.25) is 0 Å². The first-order valence-electron chi connectivity index (χ1n) is 9.28. The van der Waals surface area contributed by atoms with E-state index in [9.17, 15) is 0 Å². The van der Waals surface area contributed by atoms with Crippen molar-refractivity contribution in [3.63, 3.8) is 0 Å². The smallest absolute Gasteiger partial charge is 0.204 e. The highest BCUT2D eigenvalue weighted by Crippen LogP contribution is 2.24. The maximum Gasteiger partial charge on any atom is 0.204 e. The fraction of sp³-hybridized carbons (Fsp3) is 0.474. The molecule has 1 fully saturated rings. The van der Waals surface area contributed by atoms with Crippen molar-refractivity contribution >= 4 is 17.0 Å². The van der Waals surface area contributed by atoms with Gasteiger partial charge in [-0.2, -0.15) is 0 Å². The minimum absolute atomic E-state index is 0. The number of imidazole rings is 1. The van der Waals surface area contributed by atoms with E-state index in [1.165, 1.54) is 0 Å². The van der Waals surface area contributed by atoms with Gasteiger partial charge < -0.3 is 30.4 Å². The van der Waals surface area contributed by atoms with Crippen LogP contribution in [-0.4, -0.2) is 57.1 Å². The molecule has 0 bridgehead atoms. The van der Waals surface area contributed by atoms with Gasteiger partial charge in [0.2, 0.25) is 5.95 Å². The summed E-state index contributed by atoms with van der Waals surface area (Å²) in [7, 11) is 0. The second-order valence-electron chi connectivity index (χ2n) is 6.90. The van der Waals surface area contributed by atoms with Gasteiger partial charge in [0.05, 0.1) is 23.8 Å². The zero-order valence-corrected chi connectivity index (χ0v) is 15.7. The Labute approximate surface area is 158 Å². The summed E-state index contributed by atoms with van der Waals surface area (Å²) < 4.78 is 7.87. The molecule has 0 saturated carbocycles. The predicted molar refractivity (Wildman–Crippen MR) is 106 cm³/mol. The number of hydrogen-bond donors (Lipinski definition) is 2. The average molecular weight is 372 g/mol. The van der Waals surface area contributed by atoms with Crippen LogP contribution in [-0.2, 0) is 6.54 Å².